The predicted molar refractivity (Wildman–Crippen MR) is 160 cm³/mol. The highest BCUT2D eigenvalue weighted by molar-refractivity contribution is 6.31. The van der Waals surface area contributed by atoms with E-state index in [1.165, 1.54) is 6.20 Å². The molecule has 45 heavy (non-hydrogen) atoms. The van der Waals surface area contributed by atoms with Crippen LogP contribution in [0.1, 0.15) is 64.8 Å². The molecule has 4 aromatic rings. The fraction of sp³-hybridized carbons (Fsp3) is 0.355. The van der Waals surface area contributed by atoms with Gasteiger partial charge in [0.2, 0.25) is 5.91 Å². The molecule has 2 aliphatic rings. The van der Waals surface area contributed by atoms with E-state index in [-0.39, 0.29) is 40.6 Å². The smallest absolute Gasteiger partial charge is 0.276 e. The molecular formula is C31H29ClF3N7O3. The first-order valence-corrected chi connectivity index (χ1v) is 14.7. The number of benzene rings is 1. The van der Waals surface area contributed by atoms with Crippen LogP contribution < -0.4 is 10.2 Å². The van der Waals surface area contributed by atoms with Gasteiger partial charge in [0.25, 0.3) is 12.3 Å². The van der Waals surface area contributed by atoms with Gasteiger partial charge in [-0.1, -0.05) is 24.6 Å². The van der Waals surface area contributed by atoms with E-state index in [1.807, 2.05) is 20.8 Å². The number of hydrogen-bond donors (Lipinski definition) is 2. The molecule has 0 radical (unpaired) electrons. The van der Waals surface area contributed by atoms with Gasteiger partial charge in [0.15, 0.2) is 11.5 Å². The van der Waals surface area contributed by atoms with E-state index in [2.05, 4.69) is 32.3 Å². The van der Waals surface area contributed by atoms with Crippen LogP contribution in [-0.4, -0.2) is 48.2 Å². The molecule has 1 aromatic carbocycles. The number of halogens is 4. The van der Waals surface area contributed by atoms with Crippen molar-refractivity contribution in [2.24, 2.45) is 17.8 Å². The van der Waals surface area contributed by atoms with E-state index < -0.39 is 40.9 Å². The zero-order chi connectivity index (χ0) is 32.3. The fourth-order valence-corrected chi connectivity index (χ4v) is 6.25. The second-order valence-corrected chi connectivity index (χ2v) is 11.9. The molecular weight excluding hydrogens is 611 g/mol. The van der Waals surface area contributed by atoms with Crippen LogP contribution in [0.2, 0.25) is 5.02 Å². The van der Waals surface area contributed by atoms with E-state index >= 15 is 0 Å². The van der Waals surface area contributed by atoms with Gasteiger partial charge in [0.05, 0.1) is 47.1 Å². The number of alkyl halides is 2. The van der Waals surface area contributed by atoms with Crippen molar-refractivity contribution in [3.05, 3.63) is 81.4 Å². The number of fused-ring (bicyclic) bond motifs is 1. The minimum Gasteiger partial charge on any atom is -0.390 e. The van der Waals surface area contributed by atoms with Gasteiger partial charge in [-0.25, -0.2) is 23.1 Å². The zero-order valence-electron chi connectivity index (χ0n) is 24.7. The molecule has 1 aliphatic carbocycles. The third-order valence-corrected chi connectivity index (χ3v) is 9.25. The normalized spacial score (nSPS) is 19.6. The number of pyridine rings is 1. The van der Waals surface area contributed by atoms with E-state index in [1.54, 1.807) is 22.0 Å². The summed E-state index contributed by atoms with van der Waals surface area (Å²) in [4.78, 5) is 40.6. The zero-order valence-corrected chi connectivity index (χ0v) is 25.5. The van der Waals surface area contributed by atoms with E-state index in [9.17, 15) is 27.9 Å². The number of carbonyl (C=O) groups is 2. The van der Waals surface area contributed by atoms with Crippen LogP contribution in [-0.2, 0) is 11.4 Å². The van der Waals surface area contributed by atoms with Gasteiger partial charge in [-0.3, -0.25) is 24.2 Å². The van der Waals surface area contributed by atoms with Gasteiger partial charge >= 0.3 is 0 Å². The Morgan fingerprint density at radius 1 is 1.16 bits per heavy atom. The van der Waals surface area contributed by atoms with E-state index in [4.69, 9.17) is 11.6 Å². The van der Waals surface area contributed by atoms with Gasteiger partial charge < -0.3 is 10.4 Å². The van der Waals surface area contributed by atoms with Crippen LogP contribution in [0.25, 0.3) is 11.3 Å². The topological polar surface area (TPSA) is 126 Å². The summed E-state index contributed by atoms with van der Waals surface area (Å²) in [6, 6.07) is 1.69. The van der Waals surface area contributed by atoms with Gasteiger partial charge in [-0.2, -0.15) is 5.10 Å². The molecule has 234 valence electrons. The minimum atomic E-state index is -3.05. The van der Waals surface area contributed by atoms with Gasteiger partial charge in [0, 0.05) is 36.0 Å². The Labute approximate surface area is 261 Å². The van der Waals surface area contributed by atoms with Crippen LogP contribution in [0.4, 0.5) is 24.7 Å². The van der Waals surface area contributed by atoms with Crippen molar-refractivity contribution in [1.82, 2.24) is 24.7 Å². The number of aromatic nitrogens is 5. The van der Waals surface area contributed by atoms with Crippen molar-refractivity contribution in [3.8, 4) is 11.3 Å². The number of rotatable bonds is 8. The summed E-state index contributed by atoms with van der Waals surface area (Å²) in [5.74, 6) is -0.233. The Morgan fingerprint density at radius 3 is 2.58 bits per heavy atom. The molecule has 1 saturated carbocycles. The number of aliphatic hydroxyl groups is 1. The van der Waals surface area contributed by atoms with Gasteiger partial charge in [-0.15, -0.1) is 0 Å². The molecule has 4 atom stereocenters. The number of piperidine rings is 1. The summed E-state index contributed by atoms with van der Waals surface area (Å²) in [7, 11) is 0. The average Bonchev–Trinajstić information content (AvgIpc) is 3.30. The third kappa shape index (κ3) is 5.23. The Kier molecular flexibility index (Phi) is 7.86. The fourth-order valence-electron chi connectivity index (χ4n) is 6.09. The molecule has 3 aromatic heterocycles. The van der Waals surface area contributed by atoms with Crippen molar-refractivity contribution >= 4 is 34.9 Å². The van der Waals surface area contributed by atoms with Crippen molar-refractivity contribution in [2.75, 3.05) is 16.8 Å². The number of nitrogens with zero attached hydrogens (tertiary/aromatic N) is 6. The highest BCUT2D eigenvalue weighted by Crippen LogP contribution is 2.53. The Balaban J connectivity index is 1.23. The summed E-state index contributed by atoms with van der Waals surface area (Å²) >= 11 is 5.84. The molecule has 0 spiro atoms. The number of nitrogens with one attached hydrogen (secondary N) is 1. The molecule has 1 saturated heterocycles. The Morgan fingerprint density at radius 2 is 1.91 bits per heavy atom. The van der Waals surface area contributed by atoms with Gasteiger partial charge in [-0.05, 0) is 55.4 Å². The summed E-state index contributed by atoms with van der Waals surface area (Å²) in [5, 5.41) is 16.4. The van der Waals surface area contributed by atoms with Crippen molar-refractivity contribution in [1.29, 1.82) is 0 Å². The molecule has 14 heteroatoms. The second kappa shape index (κ2) is 11.5. The number of anilines is 2. The van der Waals surface area contributed by atoms with Crippen LogP contribution in [0.15, 0.2) is 36.9 Å². The summed E-state index contributed by atoms with van der Waals surface area (Å²) in [5.41, 5.74) is 0.896. The standard InChI is InChI=1S/C31H29ClF3N7O3/c1-13-14(2)29(41-11-20-15(3)24(20)31(41)45)37-8-19(13)16(4)42-10-17(7-38-42)39-30(44)27-23(12-43)36-9-22(40-27)25-18(28(34)35)5-6-21(32)26(25)33/h5-10,15-16,20,24,28,43H,11-12H2,1-4H3,(H,39,44)/t15-,16?,20-,24+/m0/s1. The molecule has 10 nitrogen and oxygen atoms in total. The third-order valence-electron chi connectivity index (χ3n) is 8.96. The van der Waals surface area contributed by atoms with Crippen LogP contribution in [0.3, 0.4) is 0 Å². The molecule has 2 N–H and O–H groups in total. The Hall–Kier alpha value is -4.36. The molecule has 0 bridgehead atoms. The van der Waals surface area contributed by atoms with Crippen molar-refractivity contribution in [3.63, 3.8) is 0 Å². The lowest BCUT2D eigenvalue weighted by molar-refractivity contribution is -0.119. The highest BCUT2D eigenvalue weighted by atomic mass is 35.5. The maximum absolute atomic E-state index is 14.9. The summed E-state index contributed by atoms with van der Waals surface area (Å²) in [6.45, 7) is 7.92. The quantitative estimate of drug-likeness (QED) is 0.255. The number of hydrogen-bond acceptors (Lipinski definition) is 7. The minimum absolute atomic E-state index is 0.0952. The molecule has 4 heterocycles. The predicted octanol–water partition coefficient (Wildman–Crippen LogP) is 5.66. The van der Waals surface area contributed by atoms with Crippen LogP contribution in [0, 0.1) is 37.4 Å². The SMILES string of the molecule is Cc1c(C(C)n2cc(NC(=O)c3nc(-c4c(C(F)F)ccc(Cl)c4F)cnc3CO)cn2)cnc(N2C[C@H]3[C@H](C)[C@H]3C2=O)c1C. The van der Waals surface area contributed by atoms with Crippen LogP contribution in [0.5, 0.6) is 0 Å². The maximum atomic E-state index is 14.9. The monoisotopic (exact) mass is 639 g/mol. The molecule has 1 unspecified atom stereocenters. The van der Waals surface area contributed by atoms with Crippen LogP contribution >= 0.6 is 11.6 Å². The Bertz CT molecular complexity index is 1850. The average molecular weight is 640 g/mol. The van der Waals surface area contributed by atoms with Crippen molar-refractivity contribution < 1.29 is 27.9 Å². The first kappa shape index (κ1) is 30.7. The second-order valence-electron chi connectivity index (χ2n) is 11.5. The lowest BCUT2D eigenvalue weighted by Gasteiger charge is -2.24. The summed E-state index contributed by atoms with van der Waals surface area (Å²) in [6.07, 6.45) is 2.68. The van der Waals surface area contributed by atoms with Gasteiger partial charge in [0.1, 0.15) is 5.82 Å². The first-order valence-electron chi connectivity index (χ1n) is 14.3. The highest BCUT2D eigenvalue weighted by Gasteiger charge is 2.59. The largest absolute Gasteiger partial charge is 0.390 e. The molecule has 6 rings (SSSR count). The lowest BCUT2D eigenvalue weighted by Crippen LogP contribution is -2.31. The number of amides is 2. The number of aliphatic hydroxyl groups excluding tert-OH is 1. The molecule has 2 amide bonds. The van der Waals surface area contributed by atoms with E-state index in [0.29, 0.717) is 24.2 Å². The maximum Gasteiger partial charge on any atom is 0.276 e. The van der Waals surface area contributed by atoms with Crippen molar-refractivity contribution in [2.45, 2.75) is 46.8 Å². The lowest BCUT2D eigenvalue weighted by atomic mass is 10.0. The first-order chi connectivity index (χ1) is 21.4. The summed E-state index contributed by atoms with van der Waals surface area (Å²) < 4.78 is 43.9. The molecule has 2 fully saturated rings. The van der Waals surface area contributed by atoms with E-state index in [0.717, 1.165) is 35.0 Å². The number of carbonyl (C=O) groups excluding carboxylic acids is 2. The molecule has 1 aliphatic heterocycles.